The molecule has 0 aliphatic heterocycles. The third-order valence-electron chi connectivity index (χ3n) is 2.56. The highest BCUT2D eigenvalue weighted by Crippen LogP contribution is 2.15. The van der Waals surface area contributed by atoms with Gasteiger partial charge >= 0.3 is 0 Å². The molecule has 20 heavy (non-hydrogen) atoms. The van der Waals surface area contributed by atoms with E-state index in [1.807, 2.05) is 0 Å². The number of halogens is 1. The molecule has 0 spiro atoms. The Balaban J connectivity index is 2.88. The highest BCUT2D eigenvalue weighted by molar-refractivity contribution is 7.92. The summed E-state index contributed by atoms with van der Waals surface area (Å²) >= 11 is 5.62. The lowest BCUT2D eigenvalue weighted by Crippen LogP contribution is -2.23. The molecule has 1 unspecified atom stereocenters. The van der Waals surface area contributed by atoms with E-state index in [1.165, 1.54) is 11.0 Å². The third kappa shape index (κ3) is 5.02. The first kappa shape index (κ1) is 16.8. The molecule has 112 valence electrons. The number of alkyl halides is 1. The summed E-state index contributed by atoms with van der Waals surface area (Å²) in [5, 5.41) is 0. The summed E-state index contributed by atoms with van der Waals surface area (Å²) < 4.78 is 26.3. The van der Waals surface area contributed by atoms with Crippen molar-refractivity contribution in [3.63, 3.8) is 0 Å². The van der Waals surface area contributed by atoms with Gasteiger partial charge in [0.05, 0.1) is 5.75 Å². The zero-order chi connectivity index (χ0) is 15.3. The Morgan fingerprint density at radius 1 is 1.40 bits per heavy atom. The lowest BCUT2D eigenvalue weighted by atomic mass is 10.2. The zero-order valence-corrected chi connectivity index (χ0v) is 13.3. The Kier molecular flexibility index (Phi) is 5.83. The second-order valence-corrected chi connectivity index (χ2v) is 7.00. The van der Waals surface area contributed by atoms with Gasteiger partial charge in [-0.15, -0.1) is 11.6 Å². The van der Waals surface area contributed by atoms with E-state index in [0.717, 1.165) is 0 Å². The number of anilines is 1. The van der Waals surface area contributed by atoms with Crippen molar-refractivity contribution in [3.05, 3.63) is 29.8 Å². The van der Waals surface area contributed by atoms with Crippen molar-refractivity contribution < 1.29 is 13.2 Å². The lowest BCUT2D eigenvalue weighted by Gasteiger charge is -2.13. The molecule has 0 saturated heterocycles. The van der Waals surface area contributed by atoms with Crippen LogP contribution in [0, 0.1) is 5.92 Å². The Morgan fingerprint density at radius 2 is 2.05 bits per heavy atom. The summed E-state index contributed by atoms with van der Waals surface area (Å²) in [5.41, 5.74) is 0.806. The van der Waals surface area contributed by atoms with E-state index in [0.29, 0.717) is 11.3 Å². The molecule has 0 saturated carbocycles. The summed E-state index contributed by atoms with van der Waals surface area (Å²) in [5.74, 6) is -0.0940. The molecule has 1 aromatic rings. The van der Waals surface area contributed by atoms with Crippen LogP contribution in [0.15, 0.2) is 24.3 Å². The maximum Gasteiger partial charge on any atom is 0.253 e. The molecule has 7 heteroatoms. The van der Waals surface area contributed by atoms with Crippen molar-refractivity contribution in [2.45, 2.75) is 6.92 Å². The van der Waals surface area contributed by atoms with E-state index >= 15 is 0 Å². The van der Waals surface area contributed by atoms with Crippen LogP contribution in [0.1, 0.15) is 17.3 Å². The van der Waals surface area contributed by atoms with Crippen molar-refractivity contribution in [2.75, 3.05) is 30.5 Å². The topological polar surface area (TPSA) is 66.5 Å². The third-order valence-corrected chi connectivity index (χ3v) is 4.64. The minimum Gasteiger partial charge on any atom is -0.345 e. The van der Waals surface area contributed by atoms with Crippen LogP contribution in [0.5, 0.6) is 0 Å². The van der Waals surface area contributed by atoms with Gasteiger partial charge in [0.2, 0.25) is 10.0 Å². The number of sulfonamides is 1. The highest BCUT2D eigenvalue weighted by Gasteiger charge is 2.16. The van der Waals surface area contributed by atoms with Crippen LogP contribution in [0.25, 0.3) is 0 Å². The van der Waals surface area contributed by atoms with E-state index in [1.54, 1.807) is 39.2 Å². The van der Waals surface area contributed by atoms with Crippen molar-refractivity contribution in [2.24, 2.45) is 5.92 Å². The number of nitrogens with one attached hydrogen (secondary N) is 1. The van der Waals surface area contributed by atoms with Gasteiger partial charge in [0, 0.05) is 31.2 Å². The minimum atomic E-state index is -3.47. The number of benzene rings is 1. The summed E-state index contributed by atoms with van der Waals surface area (Å²) in [4.78, 5) is 13.3. The zero-order valence-electron chi connectivity index (χ0n) is 11.8. The van der Waals surface area contributed by atoms with Crippen LogP contribution in [-0.2, 0) is 10.0 Å². The van der Waals surface area contributed by atoms with Crippen LogP contribution in [0.4, 0.5) is 5.69 Å². The first-order valence-electron chi connectivity index (χ1n) is 6.13. The fourth-order valence-electron chi connectivity index (χ4n) is 1.61. The monoisotopic (exact) mass is 318 g/mol. The molecular weight excluding hydrogens is 300 g/mol. The number of nitrogens with zero attached hydrogens (tertiary/aromatic N) is 1. The fourth-order valence-corrected chi connectivity index (χ4v) is 3.29. The first-order chi connectivity index (χ1) is 9.25. The van der Waals surface area contributed by atoms with Gasteiger partial charge in [0.15, 0.2) is 0 Å². The van der Waals surface area contributed by atoms with Crippen LogP contribution in [0.2, 0.25) is 0 Å². The number of rotatable bonds is 6. The molecule has 0 aliphatic rings. The molecule has 0 aromatic heterocycles. The molecule has 0 fully saturated rings. The standard InChI is InChI=1S/C13H19ClN2O3S/c1-10(8-14)9-20(18,19)15-12-6-4-5-11(7-12)13(17)16(2)3/h4-7,10,15H,8-9H2,1-3H3. The maximum atomic E-state index is 11.9. The molecular formula is C13H19ClN2O3S. The van der Waals surface area contributed by atoms with E-state index in [9.17, 15) is 13.2 Å². The SMILES string of the molecule is CC(CCl)CS(=O)(=O)Nc1cccc(C(=O)N(C)C)c1. The molecule has 0 heterocycles. The number of carbonyl (C=O) groups is 1. The summed E-state index contributed by atoms with van der Waals surface area (Å²) in [7, 11) is -0.188. The summed E-state index contributed by atoms with van der Waals surface area (Å²) in [6.45, 7) is 1.76. The smallest absolute Gasteiger partial charge is 0.253 e. The second-order valence-electron chi connectivity index (χ2n) is 4.92. The molecule has 1 aromatic carbocycles. The number of hydrogen-bond acceptors (Lipinski definition) is 3. The normalized spacial score (nSPS) is 12.8. The Morgan fingerprint density at radius 3 is 2.60 bits per heavy atom. The van der Waals surface area contributed by atoms with Crippen molar-refractivity contribution in [3.8, 4) is 0 Å². The van der Waals surface area contributed by atoms with Crippen molar-refractivity contribution in [1.29, 1.82) is 0 Å². The molecule has 1 rings (SSSR count). The Hall–Kier alpha value is -1.27. The first-order valence-corrected chi connectivity index (χ1v) is 8.32. The van der Waals surface area contributed by atoms with Gasteiger partial charge in [-0.25, -0.2) is 8.42 Å². The predicted molar refractivity (Wildman–Crippen MR) is 81.8 cm³/mol. The molecule has 0 bridgehead atoms. The summed E-state index contributed by atoms with van der Waals surface area (Å²) in [6, 6.07) is 6.40. The van der Waals surface area contributed by atoms with Gasteiger partial charge in [-0.05, 0) is 24.1 Å². The van der Waals surface area contributed by atoms with Gasteiger partial charge in [0.25, 0.3) is 5.91 Å². The Bertz CT molecular complexity index is 573. The van der Waals surface area contributed by atoms with Gasteiger partial charge in [-0.3, -0.25) is 9.52 Å². The molecule has 1 N–H and O–H groups in total. The highest BCUT2D eigenvalue weighted by atomic mass is 35.5. The van der Waals surface area contributed by atoms with E-state index in [-0.39, 0.29) is 23.5 Å². The Labute approximate surface area is 125 Å². The van der Waals surface area contributed by atoms with Crippen LogP contribution >= 0.6 is 11.6 Å². The molecule has 1 atom stereocenters. The van der Waals surface area contributed by atoms with Crippen LogP contribution in [0.3, 0.4) is 0 Å². The van der Waals surface area contributed by atoms with Crippen LogP contribution < -0.4 is 4.72 Å². The molecule has 0 radical (unpaired) electrons. The number of hydrogen-bond donors (Lipinski definition) is 1. The van der Waals surface area contributed by atoms with Gasteiger partial charge < -0.3 is 4.90 Å². The number of carbonyl (C=O) groups excluding carboxylic acids is 1. The average molecular weight is 319 g/mol. The van der Waals surface area contributed by atoms with E-state index in [4.69, 9.17) is 11.6 Å². The largest absolute Gasteiger partial charge is 0.345 e. The second kappa shape index (κ2) is 6.95. The van der Waals surface area contributed by atoms with Gasteiger partial charge in [0.1, 0.15) is 0 Å². The predicted octanol–water partition coefficient (Wildman–Crippen LogP) is 2.00. The maximum absolute atomic E-state index is 11.9. The minimum absolute atomic E-state index is 0.0532. The van der Waals surface area contributed by atoms with E-state index in [2.05, 4.69) is 4.72 Å². The average Bonchev–Trinajstić information content (AvgIpc) is 2.36. The lowest BCUT2D eigenvalue weighted by molar-refractivity contribution is 0.0827. The van der Waals surface area contributed by atoms with Crippen LogP contribution in [-0.4, -0.2) is 45.0 Å². The fraction of sp³-hybridized carbons (Fsp3) is 0.462. The van der Waals surface area contributed by atoms with Crippen molar-refractivity contribution >= 4 is 33.2 Å². The quantitative estimate of drug-likeness (QED) is 0.816. The van der Waals surface area contributed by atoms with Gasteiger partial charge in [-0.2, -0.15) is 0 Å². The van der Waals surface area contributed by atoms with Crippen molar-refractivity contribution in [1.82, 2.24) is 4.90 Å². The van der Waals surface area contributed by atoms with Gasteiger partial charge in [-0.1, -0.05) is 13.0 Å². The molecule has 0 aliphatic carbocycles. The van der Waals surface area contributed by atoms with E-state index < -0.39 is 10.0 Å². The molecule has 1 amide bonds. The number of amides is 1. The summed E-state index contributed by atoms with van der Waals surface area (Å²) in [6.07, 6.45) is 0. The molecule has 5 nitrogen and oxygen atoms in total.